The van der Waals surface area contributed by atoms with Crippen molar-refractivity contribution in [2.45, 2.75) is 26.3 Å². The van der Waals surface area contributed by atoms with Gasteiger partial charge in [0.15, 0.2) is 0 Å². The van der Waals surface area contributed by atoms with Gasteiger partial charge in [0.2, 0.25) is 0 Å². The van der Waals surface area contributed by atoms with Crippen molar-refractivity contribution in [1.82, 2.24) is 0 Å². The summed E-state index contributed by atoms with van der Waals surface area (Å²) in [6.07, 6.45) is 2.28. The Morgan fingerprint density at radius 2 is 1.53 bits per heavy atom. The van der Waals surface area contributed by atoms with Crippen LogP contribution in [0.25, 0.3) is 0 Å². The van der Waals surface area contributed by atoms with Crippen molar-refractivity contribution < 1.29 is 0 Å². The Labute approximate surface area is 119 Å². The molecule has 2 nitrogen and oxygen atoms in total. The maximum atomic E-state index is 6.09. The van der Waals surface area contributed by atoms with Crippen molar-refractivity contribution >= 4 is 17.3 Å². The summed E-state index contributed by atoms with van der Waals surface area (Å²) >= 11 is 5.87. The molecule has 0 aliphatic rings. The number of hydrazine groups is 1. The second kappa shape index (κ2) is 6.60. The molecule has 0 saturated carbocycles. The van der Waals surface area contributed by atoms with Gasteiger partial charge < -0.3 is 5.01 Å². The van der Waals surface area contributed by atoms with Crippen molar-refractivity contribution in [3.8, 4) is 0 Å². The lowest BCUT2D eigenvalue weighted by molar-refractivity contribution is 0.851. The molecule has 2 N–H and O–H groups in total. The lowest BCUT2D eigenvalue weighted by Gasteiger charge is -2.19. The lowest BCUT2D eigenvalue weighted by Crippen LogP contribution is -2.29. The molecule has 0 unspecified atom stereocenters. The van der Waals surface area contributed by atoms with Crippen LogP contribution in [-0.2, 0) is 13.0 Å². The summed E-state index contributed by atoms with van der Waals surface area (Å²) in [6, 6.07) is 16.2. The maximum Gasteiger partial charge on any atom is 0.0592 e. The van der Waals surface area contributed by atoms with Crippen LogP contribution in [0, 0.1) is 0 Å². The van der Waals surface area contributed by atoms with Gasteiger partial charge in [0.1, 0.15) is 0 Å². The predicted molar refractivity (Wildman–Crippen MR) is 82.3 cm³/mol. The van der Waals surface area contributed by atoms with Crippen molar-refractivity contribution in [3.63, 3.8) is 0 Å². The molecule has 19 heavy (non-hydrogen) atoms. The molecule has 0 aromatic heterocycles. The molecule has 0 radical (unpaired) electrons. The molecule has 0 heterocycles. The molecular formula is C16H19ClN2. The second-order valence-corrected chi connectivity index (χ2v) is 5.11. The number of nitrogens with zero attached hydrogens (tertiary/aromatic N) is 1. The summed E-state index contributed by atoms with van der Waals surface area (Å²) in [7, 11) is 0. The Hall–Kier alpha value is -1.51. The highest BCUT2D eigenvalue weighted by Gasteiger charge is 2.03. The smallest absolute Gasteiger partial charge is 0.0592 e. The summed E-state index contributed by atoms with van der Waals surface area (Å²) in [5.74, 6) is 6.09. The third-order valence-corrected chi connectivity index (χ3v) is 3.32. The van der Waals surface area contributed by atoms with Crippen molar-refractivity contribution in [2.75, 3.05) is 5.01 Å². The van der Waals surface area contributed by atoms with Gasteiger partial charge >= 0.3 is 0 Å². The predicted octanol–water partition coefficient (Wildman–Crippen LogP) is 4.17. The van der Waals surface area contributed by atoms with E-state index in [1.165, 1.54) is 5.56 Å². The SMILES string of the molecule is CCCc1ccc(N(N)Cc2ccc(Cl)cc2)cc1. The highest BCUT2D eigenvalue weighted by Crippen LogP contribution is 2.17. The van der Waals surface area contributed by atoms with Crippen LogP contribution >= 0.6 is 11.6 Å². The first-order valence-corrected chi connectivity index (χ1v) is 6.92. The van der Waals surface area contributed by atoms with Crippen LogP contribution in [-0.4, -0.2) is 0 Å². The monoisotopic (exact) mass is 274 g/mol. The number of nitrogens with two attached hydrogens (primary N) is 1. The van der Waals surface area contributed by atoms with Gasteiger partial charge in [-0.2, -0.15) is 0 Å². The minimum atomic E-state index is 0.671. The van der Waals surface area contributed by atoms with Gasteiger partial charge in [-0.05, 0) is 41.8 Å². The number of hydrogen-bond acceptors (Lipinski definition) is 2. The zero-order valence-electron chi connectivity index (χ0n) is 11.1. The van der Waals surface area contributed by atoms with Crippen LogP contribution in [0.1, 0.15) is 24.5 Å². The number of halogens is 1. The van der Waals surface area contributed by atoms with E-state index in [9.17, 15) is 0 Å². The average molecular weight is 275 g/mol. The summed E-state index contributed by atoms with van der Waals surface area (Å²) in [5.41, 5.74) is 3.52. The molecule has 0 atom stereocenters. The largest absolute Gasteiger partial charge is 0.307 e. The first-order chi connectivity index (χ1) is 9.19. The Morgan fingerprint density at radius 3 is 2.11 bits per heavy atom. The van der Waals surface area contributed by atoms with Crippen molar-refractivity contribution in [1.29, 1.82) is 0 Å². The zero-order chi connectivity index (χ0) is 13.7. The fraction of sp³-hybridized carbons (Fsp3) is 0.250. The van der Waals surface area contributed by atoms with E-state index in [1.54, 1.807) is 5.01 Å². The van der Waals surface area contributed by atoms with Gasteiger partial charge in [0.05, 0.1) is 12.2 Å². The molecule has 0 aliphatic carbocycles. The minimum absolute atomic E-state index is 0.671. The van der Waals surface area contributed by atoms with Crippen LogP contribution in [0.5, 0.6) is 0 Å². The summed E-state index contributed by atoms with van der Waals surface area (Å²) in [4.78, 5) is 0. The normalized spacial score (nSPS) is 10.5. The standard InChI is InChI=1S/C16H19ClN2/c1-2-3-13-6-10-16(11-7-13)19(18)12-14-4-8-15(17)9-5-14/h4-11H,2-3,12,18H2,1H3. The summed E-state index contributed by atoms with van der Waals surface area (Å²) in [5, 5.41) is 2.50. The Kier molecular flexibility index (Phi) is 4.83. The van der Waals surface area contributed by atoms with Gasteiger partial charge in [-0.1, -0.05) is 49.2 Å². The molecular weight excluding hydrogens is 256 g/mol. The Balaban J connectivity index is 2.02. The zero-order valence-corrected chi connectivity index (χ0v) is 11.9. The second-order valence-electron chi connectivity index (χ2n) is 4.67. The quantitative estimate of drug-likeness (QED) is 0.655. The van der Waals surface area contributed by atoms with Gasteiger partial charge in [0.25, 0.3) is 0 Å². The van der Waals surface area contributed by atoms with Crippen LogP contribution in [0.4, 0.5) is 5.69 Å². The van der Waals surface area contributed by atoms with E-state index in [1.807, 2.05) is 24.3 Å². The van der Waals surface area contributed by atoms with Gasteiger partial charge in [-0.15, -0.1) is 0 Å². The van der Waals surface area contributed by atoms with Crippen LogP contribution in [0.15, 0.2) is 48.5 Å². The first-order valence-electron chi connectivity index (χ1n) is 6.54. The van der Waals surface area contributed by atoms with Crippen LogP contribution < -0.4 is 10.9 Å². The molecule has 0 fully saturated rings. The Bertz CT molecular complexity index is 505. The van der Waals surface area contributed by atoms with Crippen molar-refractivity contribution in [3.05, 3.63) is 64.7 Å². The third-order valence-electron chi connectivity index (χ3n) is 3.07. The van der Waals surface area contributed by atoms with Gasteiger partial charge in [-0.3, -0.25) is 0 Å². The number of anilines is 1. The van der Waals surface area contributed by atoms with E-state index in [2.05, 4.69) is 31.2 Å². The molecule has 100 valence electrons. The summed E-state index contributed by atoms with van der Waals surface area (Å²) in [6.45, 7) is 2.86. The highest BCUT2D eigenvalue weighted by molar-refractivity contribution is 6.30. The minimum Gasteiger partial charge on any atom is -0.307 e. The van der Waals surface area contributed by atoms with E-state index in [0.29, 0.717) is 6.54 Å². The molecule has 0 bridgehead atoms. The number of aryl methyl sites for hydroxylation is 1. The van der Waals surface area contributed by atoms with Crippen molar-refractivity contribution in [2.24, 2.45) is 5.84 Å². The molecule has 3 heteroatoms. The molecule has 0 aliphatic heterocycles. The highest BCUT2D eigenvalue weighted by atomic mass is 35.5. The maximum absolute atomic E-state index is 6.09. The number of hydrogen-bond donors (Lipinski definition) is 1. The van der Waals surface area contributed by atoms with Gasteiger partial charge in [0, 0.05) is 5.02 Å². The average Bonchev–Trinajstić information content (AvgIpc) is 2.42. The Morgan fingerprint density at radius 1 is 0.947 bits per heavy atom. The van der Waals surface area contributed by atoms with E-state index in [0.717, 1.165) is 29.1 Å². The van der Waals surface area contributed by atoms with E-state index >= 15 is 0 Å². The molecule has 2 rings (SSSR count). The first kappa shape index (κ1) is 13.9. The van der Waals surface area contributed by atoms with Gasteiger partial charge in [-0.25, -0.2) is 5.84 Å². The summed E-state index contributed by atoms with van der Waals surface area (Å²) < 4.78 is 0. The number of rotatable bonds is 5. The topological polar surface area (TPSA) is 29.3 Å². The van der Waals surface area contributed by atoms with Crippen LogP contribution in [0.2, 0.25) is 5.02 Å². The molecule has 0 spiro atoms. The van der Waals surface area contributed by atoms with E-state index < -0.39 is 0 Å². The van der Waals surface area contributed by atoms with Crippen LogP contribution in [0.3, 0.4) is 0 Å². The number of benzene rings is 2. The molecule has 0 amide bonds. The molecule has 2 aromatic carbocycles. The lowest BCUT2D eigenvalue weighted by atomic mass is 10.1. The fourth-order valence-electron chi connectivity index (χ4n) is 2.02. The molecule has 2 aromatic rings. The van der Waals surface area contributed by atoms with E-state index in [4.69, 9.17) is 17.4 Å². The third kappa shape index (κ3) is 3.98. The fourth-order valence-corrected chi connectivity index (χ4v) is 2.15. The molecule has 0 saturated heterocycles. The van der Waals surface area contributed by atoms with E-state index in [-0.39, 0.29) is 0 Å².